The summed E-state index contributed by atoms with van der Waals surface area (Å²) in [5.41, 5.74) is 9.32. The van der Waals surface area contributed by atoms with Gasteiger partial charge in [-0.3, -0.25) is 48.7 Å². The van der Waals surface area contributed by atoms with E-state index in [1.54, 1.807) is 104 Å². The summed E-state index contributed by atoms with van der Waals surface area (Å²) in [6, 6.07) is 66.4. The van der Waals surface area contributed by atoms with Crippen LogP contribution in [0.5, 0.6) is 11.5 Å². The van der Waals surface area contributed by atoms with E-state index in [1.165, 1.54) is 67.8 Å². The number of carboxylic acids is 2. The molecule has 133 heavy (non-hydrogen) atoms. The lowest BCUT2D eigenvalue weighted by Crippen LogP contribution is -2.44. The van der Waals surface area contributed by atoms with Gasteiger partial charge in [0.2, 0.25) is 15.5 Å². The number of carbonyl (C=O) groups is 3. The third kappa shape index (κ3) is 26.0. The number of halogens is 2. The Morgan fingerprint density at radius 1 is 0.571 bits per heavy atom. The molecule has 34 heteroatoms. The number of aryl methyl sites for hydroxylation is 3. The van der Waals surface area contributed by atoms with Crippen LogP contribution < -0.4 is 60.5 Å². The van der Waals surface area contributed by atoms with Crippen molar-refractivity contribution in [2.24, 2.45) is 0 Å². The number of aliphatic carboxylic acids is 1. The maximum absolute atomic E-state index is 13.5. The number of aromatic nitrogens is 4. The normalized spacial score (nSPS) is 12.6. The van der Waals surface area contributed by atoms with E-state index in [-0.39, 0.29) is 74.8 Å². The number of ether oxygens (including phenoxy) is 1. The number of hydrogen-bond acceptors (Lipinski definition) is 23. The van der Waals surface area contributed by atoms with Gasteiger partial charge in [-0.15, -0.1) is 0 Å². The Bertz CT molecular complexity index is 6990. The predicted molar refractivity (Wildman–Crippen MR) is 526 cm³/mol. The topological polar surface area (TPSA) is 402 Å². The van der Waals surface area contributed by atoms with Crippen molar-refractivity contribution in [3.63, 3.8) is 0 Å². The van der Waals surface area contributed by atoms with Gasteiger partial charge in [0.15, 0.2) is 0 Å². The van der Waals surface area contributed by atoms with Gasteiger partial charge in [0.05, 0.1) is 85.7 Å². The second kappa shape index (κ2) is 45.6. The van der Waals surface area contributed by atoms with Crippen molar-refractivity contribution in [3.05, 3.63) is 320 Å². The van der Waals surface area contributed by atoms with E-state index < -0.39 is 59.1 Å². The van der Waals surface area contributed by atoms with Crippen LogP contribution in [0.25, 0.3) is 66.0 Å². The lowest BCUT2D eigenvalue weighted by Gasteiger charge is -2.24. The molecular formula is C99H103Cl2N14O15S3-. The number of carboxylic acid groups (broad SMARTS) is 2. The Morgan fingerprint density at radius 2 is 1.17 bits per heavy atom. The van der Waals surface area contributed by atoms with Crippen LogP contribution in [-0.2, 0) is 54.4 Å². The molecule has 2 aliphatic heterocycles. The van der Waals surface area contributed by atoms with Crippen molar-refractivity contribution in [1.82, 2.24) is 45.5 Å². The van der Waals surface area contributed by atoms with Crippen LogP contribution in [0.4, 0.5) is 28.4 Å². The number of nitrogens with zero attached hydrogens (tertiary/aromatic N) is 7. The van der Waals surface area contributed by atoms with Crippen LogP contribution in [0.3, 0.4) is 0 Å². The molecule has 0 unspecified atom stereocenters. The number of anilines is 5. The Kier molecular flexibility index (Phi) is 34.3. The molecule has 0 bridgehead atoms. The molecular weight excluding hydrogens is 1790 g/mol. The minimum absolute atomic E-state index is 0. The third-order valence-corrected chi connectivity index (χ3v) is 26.1. The minimum atomic E-state index is -3.82. The number of amides is 1. The molecule has 0 atom stereocenters. The number of fused-ring (bicyclic) bond motifs is 5. The average Bonchev–Trinajstić information content (AvgIpc) is 0.742. The fourth-order valence-corrected chi connectivity index (χ4v) is 18.3. The summed E-state index contributed by atoms with van der Waals surface area (Å²) < 4.78 is 95.9. The fraction of sp³-hybridized carbons (Fsp3) is 0.212. The van der Waals surface area contributed by atoms with E-state index in [0.717, 1.165) is 108 Å². The van der Waals surface area contributed by atoms with Crippen LogP contribution in [0.2, 0.25) is 10.0 Å². The molecule has 9 N–H and O–H groups in total. The Balaban J connectivity index is 0.000000180. The second-order valence-corrected chi connectivity index (χ2v) is 36.9. The highest BCUT2D eigenvalue weighted by Crippen LogP contribution is 2.45. The lowest BCUT2D eigenvalue weighted by molar-refractivity contribution is -0.268. The van der Waals surface area contributed by atoms with E-state index >= 15 is 0 Å². The lowest BCUT2D eigenvalue weighted by atomic mass is 9.89. The minimum Gasteiger partial charge on any atom is -0.871 e. The van der Waals surface area contributed by atoms with Gasteiger partial charge in [-0.05, 0) is 177 Å². The molecule has 1 aliphatic carbocycles. The Labute approximate surface area is 782 Å². The summed E-state index contributed by atoms with van der Waals surface area (Å²) in [4.78, 5) is 74.3. The summed E-state index contributed by atoms with van der Waals surface area (Å²) in [7, 11) is -5.65. The standard InChI is InChI=1S/C39H26Cl2N4O6.C22H36N6O2S.C19H18N2O4S.C17H16N2O3S.2CH4/c40-31-16-29-35(18-33(31)46)51-36-19-34(47)32(41)17-30(36)37(29)27-12-7-22(15-28(27)39(49)50)38(48)44-23-8-10-26(11-9-23)45(20-24-5-1-3-13-42-24)21-25-6-2-4-14-43-25;1-27(2)21-7-3-6-20-19(21)5-4-8-22(20)31(29,30)26-15-18-28-16-13-24-11-9-23-10-12-25-14-17-28;1-12-3-7-16(8-4-12)26(24,25)21-17-10-14(11-18(22)23)9-15-6-5-13(2)20-19(15)17;1-12-5-7-15(8-6-12)23(20,21)19-16-11-14(22-2)10-13-4-3-9-18-17(13)16;;/h1-19,46H,20-21H2,(H,44,48)(H,49,50);3-8,23-26H,9-18H2,1-2H3;3-10,21H,11H2,1-2H3,(H,22,23);3-11,19H,1-2H3;2*1H4/p-1. The first kappa shape index (κ1) is 100. The van der Waals surface area contributed by atoms with Crippen LogP contribution >= 0.6 is 23.2 Å². The summed E-state index contributed by atoms with van der Waals surface area (Å²) in [5, 5.41) is 48.1. The van der Waals surface area contributed by atoms with Gasteiger partial charge in [0, 0.05) is 182 Å². The van der Waals surface area contributed by atoms with Crippen molar-refractivity contribution in [2.45, 2.75) is 69.8 Å². The molecule has 29 nitrogen and oxygen atoms in total. The zero-order valence-corrected chi connectivity index (χ0v) is 76.2. The average molecular weight is 1900 g/mol. The Hall–Kier alpha value is -13.5. The number of pyridine rings is 4. The highest BCUT2D eigenvalue weighted by Gasteiger charge is 2.27. The molecule has 6 heterocycles. The molecule has 1 saturated heterocycles. The summed E-state index contributed by atoms with van der Waals surface area (Å²) in [5.74, 6) is -2.70. The largest absolute Gasteiger partial charge is 0.871 e. The molecule has 1 amide bonds. The molecule has 0 spiro atoms. The highest BCUT2D eigenvalue weighted by atomic mass is 35.5. The molecule has 3 aliphatic rings. The number of aromatic carboxylic acids is 1. The molecule has 4 aromatic heterocycles. The van der Waals surface area contributed by atoms with E-state index in [1.807, 2.05) is 131 Å². The van der Waals surface area contributed by atoms with Crippen LogP contribution in [0.1, 0.15) is 69.3 Å². The molecule has 13 aromatic rings. The monoisotopic (exact) mass is 1890 g/mol. The summed E-state index contributed by atoms with van der Waals surface area (Å²) in [6.45, 7) is 15.1. The second-order valence-electron chi connectivity index (χ2n) is 30.9. The highest BCUT2D eigenvalue weighted by molar-refractivity contribution is 7.93. The quantitative estimate of drug-likeness (QED) is 0.0254. The van der Waals surface area contributed by atoms with Crippen molar-refractivity contribution in [2.75, 3.05) is 111 Å². The molecule has 1 fully saturated rings. The number of rotatable bonds is 24. The van der Waals surface area contributed by atoms with Gasteiger partial charge < -0.3 is 55.5 Å². The first-order valence-corrected chi connectivity index (χ1v) is 46.8. The van der Waals surface area contributed by atoms with Gasteiger partial charge in [0.25, 0.3) is 26.0 Å². The van der Waals surface area contributed by atoms with Crippen molar-refractivity contribution < 1.29 is 64.1 Å². The molecule has 692 valence electrons. The number of hydrogen-bond donors (Lipinski definition) is 9. The first-order valence-electron chi connectivity index (χ1n) is 41.5. The van der Waals surface area contributed by atoms with Crippen LogP contribution in [-0.4, -0.2) is 165 Å². The number of nitrogens with one attached hydrogen (secondary N) is 7. The first-order chi connectivity index (χ1) is 62.9. The number of benzene rings is 10. The maximum atomic E-state index is 13.5. The number of carbonyl (C=O) groups excluding carboxylic acids is 1. The third-order valence-electron chi connectivity index (χ3n) is 21.2. The fourth-order valence-electron chi connectivity index (χ4n) is 14.6. The van der Waals surface area contributed by atoms with Gasteiger partial charge >= 0.3 is 11.9 Å². The van der Waals surface area contributed by atoms with Gasteiger partial charge in [-0.25, -0.2) is 34.8 Å². The zero-order valence-electron chi connectivity index (χ0n) is 72.3. The van der Waals surface area contributed by atoms with Gasteiger partial charge in [0.1, 0.15) is 17.1 Å². The van der Waals surface area contributed by atoms with Crippen LogP contribution in [0, 0.1) is 20.8 Å². The predicted octanol–water partition coefficient (Wildman–Crippen LogP) is 16.1. The van der Waals surface area contributed by atoms with Crippen molar-refractivity contribution >= 4 is 143 Å². The Morgan fingerprint density at radius 3 is 1.76 bits per heavy atom. The number of methoxy groups -OCH3 is 1. The van der Waals surface area contributed by atoms with Gasteiger partial charge in [-0.2, -0.15) is 0 Å². The molecule has 16 rings (SSSR count). The number of sulfonamides is 3. The van der Waals surface area contributed by atoms with Crippen molar-refractivity contribution in [3.8, 4) is 33.9 Å². The maximum Gasteiger partial charge on any atom is 0.336 e. The summed E-state index contributed by atoms with van der Waals surface area (Å²) >= 11 is 12.4. The smallest absolute Gasteiger partial charge is 0.336 e. The van der Waals surface area contributed by atoms with E-state index in [0.29, 0.717) is 86.7 Å². The zero-order chi connectivity index (χ0) is 93.1. The van der Waals surface area contributed by atoms with E-state index in [4.69, 9.17) is 37.5 Å². The van der Waals surface area contributed by atoms with E-state index in [9.17, 15) is 54.6 Å². The summed E-state index contributed by atoms with van der Waals surface area (Å²) in [6.07, 6.45) is 4.90. The SMILES string of the molecule is C.C.CN(C)c1cccc2c(S(=O)(=O)NCCN3CCNCCNCCNCC3)cccc12.COc1cc(NS(=O)(=O)c2ccc(C)cc2)c2ncccc2c1.Cc1ccc(S(=O)(=O)Nc2cc(CC(=O)O)cc3ccc(C)nc23)cc1.O=C(Nc1ccc(N(Cc2ccccn2)Cc2ccccn2)cc1)c1ccc(-c2c3cc(Cl)c(=O)cc-3oc3cc([O-])c(Cl)cc23)c(C(=O)O)c1. The van der Waals surface area contributed by atoms with Crippen molar-refractivity contribution in [1.29, 1.82) is 0 Å². The molecule has 0 saturated carbocycles. The molecule has 9 aromatic carbocycles. The molecule has 0 radical (unpaired) electrons. The van der Waals surface area contributed by atoms with E-state index in [2.05, 4.69) is 65.2 Å². The van der Waals surface area contributed by atoms with Crippen LogP contribution in [0.15, 0.2) is 279 Å². The van der Waals surface area contributed by atoms with Gasteiger partial charge in [-0.1, -0.05) is 134 Å².